The summed E-state index contributed by atoms with van der Waals surface area (Å²) in [5.74, 6) is -0.974. The highest BCUT2D eigenvalue weighted by Gasteiger charge is 2.05. The molecule has 1 radical (unpaired) electrons. The van der Waals surface area contributed by atoms with Gasteiger partial charge in [-0.1, -0.05) is 11.2 Å². The maximum Gasteiger partial charge on any atom is 0.306 e. The van der Waals surface area contributed by atoms with Crippen LogP contribution in [0.25, 0.3) is 0 Å². The van der Waals surface area contributed by atoms with Crippen molar-refractivity contribution in [2.45, 2.75) is 6.42 Å². The molecule has 0 saturated heterocycles. The van der Waals surface area contributed by atoms with Crippen LogP contribution in [-0.2, 0) is 14.4 Å². The van der Waals surface area contributed by atoms with Crippen molar-refractivity contribution in [2.24, 2.45) is 5.16 Å². The fraction of sp³-hybridized carbons (Fsp3) is 0.222. The molecule has 1 N–H and O–H groups in total. The summed E-state index contributed by atoms with van der Waals surface area (Å²) in [5, 5.41) is 13.6. The van der Waals surface area contributed by atoms with Gasteiger partial charge in [0.05, 0.1) is 11.3 Å². The first-order valence-corrected chi connectivity index (χ1v) is 4.96. The summed E-state index contributed by atoms with van der Waals surface area (Å²) in [4.78, 5) is 25.9. The second kappa shape index (κ2) is 5.92. The average Bonchev–Trinajstić information content (AvgIpc) is 2.70. The van der Waals surface area contributed by atoms with Gasteiger partial charge in [-0.05, 0) is 11.4 Å². The van der Waals surface area contributed by atoms with E-state index in [-0.39, 0.29) is 18.7 Å². The average molecular weight is 226 g/mol. The zero-order valence-electron chi connectivity index (χ0n) is 7.67. The number of thiophene rings is 1. The summed E-state index contributed by atoms with van der Waals surface area (Å²) in [5.41, 5.74) is 0.0513. The zero-order chi connectivity index (χ0) is 11.1. The molecule has 1 heterocycles. The molecule has 1 aromatic heterocycles. The number of aliphatic carboxylic acids is 1. The summed E-state index contributed by atoms with van der Waals surface area (Å²) in [6, 6.07) is 3.47. The number of hydrogen-bond acceptors (Lipinski definition) is 5. The molecule has 1 rings (SSSR count). The zero-order valence-corrected chi connectivity index (χ0v) is 8.49. The third-order valence-corrected chi connectivity index (χ3v) is 2.29. The minimum Gasteiger partial charge on any atom is -0.481 e. The third-order valence-electron chi connectivity index (χ3n) is 1.41. The Kier molecular flexibility index (Phi) is 4.49. The van der Waals surface area contributed by atoms with Gasteiger partial charge in [0.25, 0.3) is 6.29 Å². The highest BCUT2D eigenvalue weighted by molar-refractivity contribution is 7.12. The Hall–Kier alpha value is -1.69. The Labute approximate surface area is 90.0 Å². The summed E-state index contributed by atoms with van der Waals surface area (Å²) < 4.78 is 0. The predicted octanol–water partition coefficient (Wildman–Crippen LogP) is 1.05. The number of carbonyl (C=O) groups excluding carboxylic acids is 1. The highest BCUT2D eigenvalue weighted by atomic mass is 32.1. The Balaban J connectivity index is 2.49. The number of nitrogens with zero attached hydrogens (tertiary/aromatic N) is 1. The molecule has 5 nitrogen and oxygen atoms in total. The summed E-state index contributed by atoms with van der Waals surface area (Å²) >= 11 is 1.33. The standard InChI is InChI=1S/C9H8NO4S/c11-6-7(8-2-1-5-15-8)10-14-4-3-9(12)13/h1-2,5H,3-4H2,(H,12,13)/b10-7+. The normalized spacial score (nSPS) is 11.1. The van der Waals surface area contributed by atoms with E-state index >= 15 is 0 Å². The van der Waals surface area contributed by atoms with Crippen LogP contribution in [0, 0.1) is 0 Å². The van der Waals surface area contributed by atoms with Gasteiger partial charge in [0, 0.05) is 0 Å². The smallest absolute Gasteiger partial charge is 0.306 e. The number of carboxylic acid groups (broad SMARTS) is 1. The minimum absolute atomic E-state index is 0.0513. The first-order valence-electron chi connectivity index (χ1n) is 4.08. The van der Waals surface area contributed by atoms with Gasteiger partial charge in [-0.3, -0.25) is 9.59 Å². The maximum atomic E-state index is 10.5. The second-order valence-electron chi connectivity index (χ2n) is 2.50. The van der Waals surface area contributed by atoms with Crippen LogP contribution >= 0.6 is 11.3 Å². The van der Waals surface area contributed by atoms with E-state index in [0.717, 1.165) is 0 Å². The molecular weight excluding hydrogens is 218 g/mol. The van der Waals surface area contributed by atoms with E-state index < -0.39 is 5.97 Å². The largest absolute Gasteiger partial charge is 0.481 e. The Morgan fingerprint density at radius 3 is 3.00 bits per heavy atom. The van der Waals surface area contributed by atoms with Gasteiger partial charge in [-0.15, -0.1) is 11.3 Å². The van der Waals surface area contributed by atoms with Gasteiger partial charge in [-0.2, -0.15) is 0 Å². The monoisotopic (exact) mass is 226 g/mol. The molecule has 79 valence electrons. The van der Waals surface area contributed by atoms with Crippen LogP contribution in [0.2, 0.25) is 0 Å². The summed E-state index contributed by atoms with van der Waals surface area (Å²) in [7, 11) is 0. The van der Waals surface area contributed by atoms with E-state index in [4.69, 9.17) is 5.11 Å². The molecule has 0 amide bonds. The van der Waals surface area contributed by atoms with Crippen molar-refractivity contribution in [3.05, 3.63) is 22.4 Å². The van der Waals surface area contributed by atoms with Gasteiger partial charge < -0.3 is 9.94 Å². The molecule has 0 fully saturated rings. The molecule has 0 bridgehead atoms. The number of hydrogen-bond donors (Lipinski definition) is 1. The molecule has 1 aromatic rings. The second-order valence-corrected chi connectivity index (χ2v) is 3.44. The van der Waals surface area contributed by atoms with Crippen molar-refractivity contribution in [3.63, 3.8) is 0 Å². The summed E-state index contributed by atoms with van der Waals surface area (Å²) in [6.45, 7) is -0.0636. The lowest BCUT2D eigenvalue weighted by Crippen LogP contribution is -2.04. The minimum atomic E-state index is -0.974. The van der Waals surface area contributed by atoms with Crippen LogP contribution in [-0.4, -0.2) is 29.7 Å². The van der Waals surface area contributed by atoms with E-state index in [9.17, 15) is 9.59 Å². The number of carbonyl (C=O) groups is 1. The fourth-order valence-electron chi connectivity index (χ4n) is 0.770. The maximum absolute atomic E-state index is 10.5. The Bertz CT molecular complexity index is 358. The van der Waals surface area contributed by atoms with E-state index in [2.05, 4.69) is 9.99 Å². The quantitative estimate of drug-likeness (QED) is 0.447. The number of carboxylic acids is 1. The summed E-state index contributed by atoms with van der Waals surface area (Å²) in [6.07, 6.45) is 1.48. The van der Waals surface area contributed by atoms with Gasteiger partial charge in [0.15, 0.2) is 5.71 Å². The molecular formula is C9H8NO4S. The topological polar surface area (TPSA) is 76.0 Å². The molecule has 0 atom stereocenters. The van der Waals surface area contributed by atoms with E-state index in [0.29, 0.717) is 4.88 Å². The van der Waals surface area contributed by atoms with Crippen LogP contribution < -0.4 is 0 Å². The SMILES string of the molecule is O=[C]/C(=N\OCCC(=O)O)c1cccs1. The van der Waals surface area contributed by atoms with E-state index in [1.165, 1.54) is 11.3 Å². The highest BCUT2D eigenvalue weighted by Crippen LogP contribution is 2.09. The molecule has 0 aliphatic heterocycles. The predicted molar refractivity (Wildman–Crippen MR) is 54.8 cm³/mol. The molecule has 0 aliphatic rings. The van der Waals surface area contributed by atoms with Gasteiger partial charge in [0.2, 0.25) is 0 Å². The lowest BCUT2D eigenvalue weighted by Gasteiger charge is -1.96. The van der Waals surface area contributed by atoms with Crippen molar-refractivity contribution in [2.75, 3.05) is 6.61 Å². The van der Waals surface area contributed by atoms with Gasteiger partial charge in [0.1, 0.15) is 6.61 Å². The van der Waals surface area contributed by atoms with Crippen LogP contribution in [0.15, 0.2) is 22.7 Å². The van der Waals surface area contributed by atoms with Crippen molar-refractivity contribution in [3.8, 4) is 0 Å². The van der Waals surface area contributed by atoms with Crippen LogP contribution in [0.3, 0.4) is 0 Å². The van der Waals surface area contributed by atoms with Crippen molar-refractivity contribution in [1.82, 2.24) is 0 Å². The molecule has 0 unspecified atom stereocenters. The van der Waals surface area contributed by atoms with Crippen LogP contribution in [0.4, 0.5) is 0 Å². The lowest BCUT2D eigenvalue weighted by molar-refractivity contribution is -0.138. The first kappa shape index (κ1) is 11.4. The third kappa shape index (κ3) is 3.90. The molecule has 0 aromatic carbocycles. The first-order chi connectivity index (χ1) is 7.24. The van der Waals surface area contributed by atoms with Gasteiger partial charge in [-0.25, -0.2) is 0 Å². The van der Waals surface area contributed by atoms with Gasteiger partial charge >= 0.3 is 5.97 Å². The van der Waals surface area contributed by atoms with E-state index in [1.54, 1.807) is 23.8 Å². The Morgan fingerprint density at radius 1 is 1.67 bits per heavy atom. The van der Waals surface area contributed by atoms with Crippen LogP contribution in [0.5, 0.6) is 0 Å². The Morgan fingerprint density at radius 2 is 2.47 bits per heavy atom. The van der Waals surface area contributed by atoms with Crippen LogP contribution in [0.1, 0.15) is 11.3 Å². The van der Waals surface area contributed by atoms with E-state index in [1.807, 2.05) is 0 Å². The number of oxime groups is 1. The lowest BCUT2D eigenvalue weighted by atomic mass is 10.3. The van der Waals surface area contributed by atoms with Crippen molar-refractivity contribution in [1.29, 1.82) is 0 Å². The molecule has 0 spiro atoms. The molecule has 0 aliphatic carbocycles. The fourth-order valence-corrected chi connectivity index (χ4v) is 1.42. The molecule has 0 saturated carbocycles. The molecule has 6 heteroatoms. The number of rotatable bonds is 6. The van der Waals surface area contributed by atoms with Crippen molar-refractivity contribution >= 4 is 29.3 Å². The molecule has 15 heavy (non-hydrogen) atoms. The van der Waals surface area contributed by atoms with Crippen molar-refractivity contribution < 1.29 is 19.5 Å².